The number of hydrogen-bond acceptors (Lipinski definition) is 3. The zero-order chi connectivity index (χ0) is 14.9. The molecule has 1 aromatic carbocycles. The van der Waals surface area contributed by atoms with Crippen molar-refractivity contribution in [1.29, 1.82) is 0 Å². The number of rotatable bonds is 3. The second-order valence-corrected chi connectivity index (χ2v) is 4.77. The van der Waals surface area contributed by atoms with Crippen molar-refractivity contribution in [2.75, 3.05) is 5.73 Å². The summed E-state index contributed by atoms with van der Waals surface area (Å²) in [5, 5.41) is 0. The molecule has 0 unspecified atom stereocenters. The smallest absolute Gasteiger partial charge is 0.200 e. The average Bonchev–Trinajstić information content (AvgIpc) is 2.45. The highest BCUT2D eigenvalue weighted by Gasteiger charge is 2.25. The highest BCUT2D eigenvalue weighted by molar-refractivity contribution is 7.98. The Hall–Kier alpha value is -1.83. The van der Waals surface area contributed by atoms with Crippen LogP contribution in [0.2, 0.25) is 0 Å². The van der Waals surface area contributed by atoms with Gasteiger partial charge in [0.05, 0.1) is 11.9 Å². The lowest BCUT2D eigenvalue weighted by Gasteiger charge is -2.09. The minimum atomic E-state index is -2.17. The van der Waals surface area contributed by atoms with Gasteiger partial charge in [0.2, 0.25) is 5.82 Å². The van der Waals surface area contributed by atoms with Crippen LogP contribution >= 0.6 is 11.8 Å². The molecule has 1 aromatic heterocycles. The Morgan fingerprint density at radius 2 is 1.50 bits per heavy atom. The number of thioether (sulfide) groups is 1. The van der Waals surface area contributed by atoms with Gasteiger partial charge in [0.1, 0.15) is 0 Å². The van der Waals surface area contributed by atoms with Crippen molar-refractivity contribution < 1.29 is 22.0 Å². The van der Waals surface area contributed by atoms with Gasteiger partial charge in [-0.05, 0) is 6.07 Å². The molecule has 0 spiro atoms. The van der Waals surface area contributed by atoms with E-state index >= 15 is 0 Å². The molecule has 0 radical (unpaired) electrons. The Balaban J connectivity index is 2.33. The fourth-order valence-electron chi connectivity index (χ4n) is 1.45. The Morgan fingerprint density at radius 1 is 0.950 bits per heavy atom. The van der Waals surface area contributed by atoms with Gasteiger partial charge < -0.3 is 5.73 Å². The third kappa shape index (κ3) is 2.55. The lowest BCUT2D eigenvalue weighted by molar-refractivity contribution is 0.372. The van der Waals surface area contributed by atoms with Crippen molar-refractivity contribution in [1.82, 2.24) is 4.98 Å². The monoisotopic (exact) mass is 306 g/mol. The van der Waals surface area contributed by atoms with E-state index in [0.29, 0.717) is 4.90 Å². The summed E-state index contributed by atoms with van der Waals surface area (Å²) < 4.78 is 65.7. The highest BCUT2D eigenvalue weighted by Crippen LogP contribution is 2.31. The summed E-state index contributed by atoms with van der Waals surface area (Å²) in [5.74, 6) is -10.2. The zero-order valence-corrected chi connectivity index (χ0v) is 10.6. The molecular formula is C12H7F5N2S. The maximum Gasteiger partial charge on any atom is 0.200 e. The molecule has 0 amide bonds. The van der Waals surface area contributed by atoms with Crippen LogP contribution in [0.15, 0.2) is 23.4 Å². The van der Waals surface area contributed by atoms with E-state index in [1.54, 1.807) is 0 Å². The van der Waals surface area contributed by atoms with Crippen molar-refractivity contribution in [2.24, 2.45) is 0 Å². The molecule has 2 rings (SSSR count). The third-order valence-corrected chi connectivity index (χ3v) is 3.60. The molecule has 0 aliphatic carbocycles. The summed E-state index contributed by atoms with van der Waals surface area (Å²) in [4.78, 5) is 4.15. The molecule has 0 aliphatic rings. The first-order chi connectivity index (χ1) is 9.43. The van der Waals surface area contributed by atoms with Crippen LogP contribution in [-0.2, 0) is 5.75 Å². The van der Waals surface area contributed by atoms with Crippen LogP contribution in [0.3, 0.4) is 0 Å². The summed E-state index contributed by atoms with van der Waals surface area (Å²) in [6, 6.07) is 1.48. The van der Waals surface area contributed by atoms with Gasteiger partial charge in [-0.1, -0.05) is 0 Å². The number of pyridine rings is 1. The van der Waals surface area contributed by atoms with Gasteiger partial charge in [-0.15, -0.1) is 11.8 Å². The van der Waals surface area contributed by atoms with Crippen LogP contribution in [0.5, 0.6) is 0 Å². The molecule has 2 aromatic rings. The predicted octanol–water partition coefficient (Wildman–Crippen LogP) is 3.65. The first kappa shape index (κ1) is 14.6. The number of anilines is 1. The van der Waals surface area contributed by atoms with Crippen LogP contribution in [0.4, 0.5) is 27.6 Å². The molecule has 0 aliphatic heterocycles. The number of nitrogen functional groups attached to an aromatic ring is 1. The summed E-state index contributed by atoms with van der Waals surface area (Å²) in [6.45, 7) is 0. The molecule has 0 atom stereocenters. The largest absolute Gasteiger partial charge is 0.397 e. The molecule has 106 valence electrons. The van der Waals surface area contributed by atoms with E-state index < -0.39 is 40.4 Å². The van der Waals surface area contributed by atoms with Crippen molar-refractivity contribution >= 4 is 17.4 Å². The van der Waals surface area contributed by atoms with Gasteiger partial charge in [0.15, 0.2) is 23.3 Å². The van der Waals surface area contributed by atoms with E-state index in [0.717, 1.165) is 11.8 Å². The Bertz CT molecular complexity index is 634. The second-order valence-electron chi connectivity index (χ2n) is 3.75. The van der Waals surface area contributed by atoms with Crippen molar-refractivity contribution in [3.05, 3.63) is 53.1 Å². The number of halogens is 5. The lowest BCUT2D eigenvalue weighted by atomic mass is 10.2. The molecule has 0 bridgehead atoms. The number of aromatic nitrogens is 1. The van der Waals surface area contributed by atoms with Gasteiger partial charge in [-0.2, -0.15) is 0 Å². The number of benzene rings is 1. The van der Waals surface area contributed by atoms with Crippen LogP contribution in [-0.4, -0.2) is 4.98 Å². The zero-order valence-electron chi connectivity index (χ0n) is 9.76. The standard InChI is InChI=1S/C12H7F5N2S/c13-8-5(9(14)11(16)12(17)10(8)15)4-20-7-1-2-19-3-6(7)18/h1-3H,4,18H2. The molecule has 0 saturated carbocycles. The summed E-state index contributed by atoms with van der Waals surface area (Å²) in [6.07, 6.45) is 2.72. The van der Waals surface area contributed by atoms with E-state index in [1.807, 2.05) is 0 Å². The summed E-state index contributed by atoms with van der Waals surface area (Å²) >= 11 is 0.851. The maximum absolute atomic E-state index is 13.4. The van der Waals surface area contributed by atoms with Crippen LogP contribution in [0.1, 0.15) is 5.56 Å². The highest BCUT2D eigenvalue weighted by atomic mass is 32.2. The first-order valence-electron chi connectivity index (χ1n) is 5.26. The van der Waals surface area contributed by atoms with Crippen molar-refractivity contribution in [3.8, 4) is 0 Å². The Kier molecular flexibility index (Phi) is 4.12. The van der Waals surface area contributed by atoms with Gasteiger partial charge >= 0.3 is 0 Å². The fourth-order valence-corrected chi connectivity index (χ4v) is 2.38. The number of hydrogen-bond donors (Lipinski definition) is 1. The van der Waals surface area contributed by atoms with E-state index in [-0.39, 0.29) is 5.69 Å². The minimum absolute atomic E-state index is 0.251. The second kappa shape index (κ2) is 5.66. The van der Waals surface area contributed by atoms with Crippen LogP contribution in [0, 0.1) is 29.1 Å². The van der Waals surface area contributed by atoms with Gasteiger partial charge in [-0.25, -0.2) is 22.0 Å². The van der Waals surface area contributed by atoms with E-state index in [4.69, 9.17) is 5.73 Å². The molecule has 0 saturated heterocycles. The molecule has 0 fully saturated rings. The lowest BCUT2D eigenvalue weighted by Crippen LogP contribution is -2.06. The van der Waals surface area contributed by atoms with Crippen molar-refractivity contribution in [2.45, 2.75) is 10.6 Å². The first-order valence-corrected chi connectivity index (χ1v) is 6.24. The Morgan fingerprint density at radius 3 is 2.05 bits per heavy atom. The van der Waals surface area contributed by atoms with Crippen molar-refractivity contribution in [3.63, 3.8) is 0 Å². The van der Waals surface area contributed by atoms with E-state index in [9.17, 15) is 22.0 Å². The number of nitrogens with two attached hydrogens (primary N) is 1. The normalized spacial score (nSPS) is 10.8. The van der Waals surface area contributed by atoms with E-state index in [2.05, 4.69) is 4.98 Å². The summed E-state index contributed by atoms with van der Waals surface area (Å²) in [7, 11) is 0. The fraction of sp³-hybridized carbons (Fsp3) is 0.0833. The quantitative estimate of drug-likeness (QED) is 0.407. The number of nitrogens with zero attached hydrogens (tertiary/aromatic N) is 1. The average molecular weight is 306 g/mol. The molecular weight excluding hydrogens is 299 g/mol. The van der Waals surface area contributed by atoms with Crippen LogP contribution < -0.4 is 5.73 Å². The predicted molar refractivity (Wildman–Crippen MR) is 64.4 cm³/mol. The van der Waals surface area contributed by atoms with Crippen LogP contribution in [0.25, 0.3) is 0 Å². The molecule has 2 N–H and O–H groups in total. The Labute approximate surface area is 114 Å². The topological polar surface area (TPSA) is 38.9 Å². The van der Waals surface area contributed by atoms with Gasteiger partial charge in [-0.3, -0.25) is 4.98 Å². The van der Waals surface area contributed by atoms with E-state index in [1.165, 1.54) is 18.5 Å². The molecule has 20 heavy (non-hydrogen) atoms. The minimum Gasteiger partial charge on any atom is -0.397 e. The maximum atomic E-state index is 13.4. The SMILES string of the molecule is Nc1cnccc1SCc1c(F)c(F)c(F)c(F)c1F. The van der Waals surface area contributed by atoms with Gasteiger partial charge in [0.25, 0.3) is 0 Å². The molecule has 8 heteroatoms. The summed E-state index contributed by atoms with van der Waals surface area (Å²) in [5.41, 5.74) is 4.93. The molecule has 1 heterocycles. The molecule has 2 nitrogen and oxygen atoms in total. The third-order valence-electron chi connectivity index (χ3n) is 2.48. The van der Waals surface area contributed by atoms with Gasteiger partial charge in [0, 0.05) is 22.4 Å².